The first-order valence-electron chi connectivity index (χ1n) is 0.730. The Hall–Kier alpha value is 1.84. The van der Waals surface area contributed by atoms with Gasteiger partial charge in [-0.05, 0) is 0 Å². The van der Waals surface area contributed by atoms with E-state index in [4.69, 9.17) is 14.7 Å². The van der Waals surface area contributed by atoms with Crippen LogP contribution in [0.2, 0.25) is 0 Å². The maximum atomic E-state index is 8.92. The summed E-state index contributed by atoms with van der Waals surface area (Å²) in [6, 6.07) is 0. The van der Waals surface area contributed by atoms with E-state index in [1.807, 2.05) is 0 Å². The van der Waals surface area contributed by atoms with E-state index in [-0.39, 0.29) is 40.6 Å². The van der Waals surface area contributed by atoms with Crippen molar-refractivity contribution in [3.8, 4) is 0 Å². The van der Waals surface area contributed by atoms with Crippen molar-refractivity contribution >= 4 is 18.5 Å². The second-order valence-corrected chi connectivity index (χ2v) is 2.68. The van der Waals surface area contributed by atoms with Gasteiger partial charge in [-0.1, -0.05) is 0 Å². The van der Waals surface area contributed by atoms with Crippen LogP contribution in [0.3, 0.4) is 0 Å². The first-order valence-corrected chi connectivity index (χ1v) is 3.29. The molecule has 0 aliphatic carbocycles. The van der Waals surface area contributed by atoms with Crippen molar-refractivity contribution < 1.29 is 55.3 Å². The van der Waals surface area contributed by atoms with Crippen LogP contribution < -0.4 is 33.5 Å². The molecular weight excluding hydrogens is 166 g/mol. The summed E-state index contributed by atoms with van der Waals surface area (Å²) in [4.78, 5) is 26.8. The quantitative estimate of drug-likeness (QED) is 0.265. The van der Waals surface area contributed by atoms with E-state index in [9.17, 15) is 0 Å². The molecular formula is LiO3PSTi+2. The molecule has 0 radical (unpaired) electrons. The Morgan fingerprint density at radius 2 is 1.14 bits per heavy atom. The average Bonchev–Trinajstić information content (AvgIpc) is 0.722. The van der Waals surface area contributed by atoms with E-state index in [0.29, 0.717) is 0 Å². The van der Waals surface area contributed by atoms with Crippen LogP contribution in [-0.2, 0) is 33.5 Å². The molecule has 0 atom stereocenters. The molecule has 0 aromatic carbocycles. The maximum absolute atomic E-state index is 8.92. The zero-order valence-electron chi connectivity index (χ0n) is 3.58. The smallest absolute Gasteiger partial charge is 0.844 e. The Morgan fingerprint density at radius 1 is 1.14 bits per heavy atom. The van der Waals surface area contributed by atoms with Crippen molar-refractivity contribution in [1.82, 2.24) is 0 Å². The Labute approximate surface area is 73.4 Å². The summed E-state index contributed by atoms with van der Waals surface area (Å²) in [6.45, 7) is -4.56. The van der Waals surface area contributed by atoms with Crippen LogP contribution >= 0.6 is 6.72 Å². The number of hydrogen-bond donors (Lipinski definition) is 0. The Balaban J connectivity index is -0.0000000800. The third kappa shape index (κ3) is 78.9. The molecule has 0 saturated carbocycles. The van der Waals surface area contributed by atoms with Crippen LogP contribution in [-0.4, -0.2) is 0 Å². The fourth-order valence-corrected chi connectivity index (χ4v) is 0. The molecule has 0 saturated heterocycles. The van der Waals surface area contributed by atoms with Crippen molar-refractivity contribution in [1.29, 1.82) is 0 Å². The van der Waals surface area contributed by atoms with Gasteiger partial charge in [0.15, 0.2) is 0 Å². The van der Waals surface area contributed by atoms with Crippen LogP contribution in [0.15, 0.2) is 0 Å². The van der Waals surface area contributed by atoms with E-state index >= 15 is 0 Å². The second kappa shape index (κ2) is 5.97. The molecule has 3 nitrogen and oxygen atoms in total. The second-order valence-electron chi connectivity index (χ2n) is 0.447. The Kier molecular flexibility index (Phi) is 13.6. The van der Waals surface area contributed by atoms with Gasteiger partial charge in [-0.3, -0.25) is 0 Å². The van der Waals surface area contributed by atoms with Gasteiger partial charge >= 0.3 is 40.6 Å². The van der Waals surface area contributed by atoms with Gasteiger partial charge in [-0.25, -0.2) is 0 Å². The molecule has 7 heteroatoms. The molecule has 0 unspecified atom stereocenters. The van der Waals surface area contributed by atoms with Crippen molar-refractivity contribution in [2.24, 2.45) is 0 Å². The van der Waals surface area contributed by atoms with E-state index in [1.54, 1.807) is 0 Å². The molecule has 32 valence electrons. The van der Waals surface area contributed by atoms with Crippen molar-refractivity contribution in [2.45, 2.75) is 0 Å². The van der Waals surface area contributed by atoms with Gasteiger partial charge in [0.1, 0.15) is 0 Å². The van der Waals surface area contributed by atoms with E-state index in [2.05, 4.69) is 11.8 Å². The third-order valence-corrected chi connectivity index (χ3v) is 0. The molecule has 0 bridgehead atoms. The van der Waals surface area contributed by atoms with Crippen LogP contribution in [0, 0.1) is 0 Å². The summed E-state index contributed by atoms with van der Waals surface area (Å²) in [5, 5.41) is 0. The predicted octanol–water partition coefficient (Wildman–Crippen LogP) is -5.71. The normalized spacial score (nSPS) is 8.43. The molecule has 0 aromatic rings. The fraction of sp³-hybridized carbons (Fsp3) is 0. The molecule has 0 spiro atoms. The Morgan fingerprint density at radius 3 is 1.14 bits per heavy atom. The maximum Gasteiger partial charge on any atom is 4.00 e. The van der Waals surface area contributed by atoms with Crippen molar-refractivity contribution in [3.05, 3.63) is 0 Å². The largest absolute Gasteiger partial charge is 4.00 e. The fourth-order valence-electron chi connectivity index (χ4n) is 0. The van der Waals surface area contributed by atoms with Crippen LogP contribution in [0.5, 0.6) is 0 Å². The molecule has 0 aromatic heterocycles. The Bertz CT molecular complexity index is 61.1. The van der Waals surface area contributed by atoms with E-state index in [0.717, 1.165) is 0 Å². The molecule has 0 aliphatic heterocycles. The molecule has 0 rings (SSSR count). The monoisotopic (exact) mass is 166 g/mol. The topological polar surface area (TPSA) is 69.2 Å². The summed E-state index contributed by atoms with van der Waals surface area (Å²) in [7, 11) is 0. The minimum atomic E-state index is -4.56. The van der Waals surface area contributed by atoms with Crippen LogP contribution in [0.25, 0.3) is 0 Å². The minimum Gasteiger partial charge on any atom is -0.844 e. The molecule has 0 aliphatic rings. The molecule has 0 amide bonds. The van der Waals surface area contributed by atoms with Gasteiger partial charge in [0.2, 0.25) is 0 Å². The van der Waals surface area contributed by atoms with Gasteiger partial charge in [-0.15, -0.1) is 0 Å². The summed E-state index contributed by atoms with van der Waals surface area (Å²) in [6.07, 6.45) is 0. The molecule has 7 heavy (non-hydrogen) atoms. The van der Waals surface area contributed by atoms with Crippen LogP contribution in [0.1, 0.15) is 0 Å². The predicted molar refractivity (Wildman–Crippen MR) is 14.3 cm³/mol. The zero-order valence-corrected chi connectivity index (χ0v) is 6.85. The number of hydrogen-bond acceptors (Lipinski definition) is 4. The van der Waals surface area contributed by atoms with Gasteiger partial charge in [0.25, 0.3) is 0 Å². The first kappa shape index (κ1) is 15.9. The summed E-state index contributed by atoms with van der Waals surface area (Å²) >= 11 is 3.27. The van der Waals surface area contributed by atoms with Crippen molar-refractivity contribution in [2.75, 3.05) is 0 Å². The van der Waals surface area contributed by atoms with Gasteiger partial charge in [-0.2, -0.15) is 11.8 Å². The van der Waals surface area contributed by atoms with Crippen molar-refractivity contribution in [3.63, 3.8) is 0 Å². The summed E-state index contributed by atoms with van der Waals surface area (Å²) < 4.78 is 0. The van der Waals surface area contributed by atoms with Crippen LogP contribution in [0.4, 0.5) is 0 Å². The average molecular weight is 166 g/mol. The minimum absolute atomic E-state index is 0. The zero-order chi connectivity index (χ0) is 4.50. The van der Waals surface area contributed by atoms with E-state index in [1.165, 1.54) is 0 Å². The molecule has 0 fully saturated rings. The number of rotatable bonds is 0. The summed E-state index contributed by atoms with van der Waals surface area (Å²) in [5.41, 5.74) is 0. The van der Waals surface area contributed by atoms with E-state index < -0.39 is 6.72 Å². The summed E-state index contributed by atoms with van der Waals surface area (Å²) in [5.74, 6) is 0. The standard InChI is InChI=1S/Li.H3O3PS.Ti/c;1-4(2,3)5;/h;(H3,1,2,3,5);/q+1;;+4/p-3. The van der Waals surface area contributed by atoms with Gasteiger partial charge < -0.3 is 21.4 Å². The third-order valence-electron chi connectivity index (χ3n) is 0. The molecule has 0 N–H and O–H groups in total. The van der Waals surface area contributed by atoms with Gasteiger partial charge in [0, 0.05) is 0 Å². The van der Waals surface area contributed by atoms with Gasteiger partial charge in [0.05, 0.1) is 0 Å². The first-order chi connectivity index (χ1) is 2.00. The molecule has 0 heterocycles. The SMILES string of the molecule is [Li+].[O-]P([O-])([O-])=S.[Ti+4].